The van der Waals surface area contributed by atoms with Crippen molar-refractivity contribution in [3.8, 4) is 0 Å². The van der Waals surface area contributed by atoms with E-state index >= 15 is 0 Å². The molecule has 5 nitrogen and oxygen atoms in total. The molecule has 1 unspecified atom stereocenters. The second-order valence-electron chi connectivity index (χ2n) is 4.50. The van der Waals surface area contributed by atoms with Gasteiger partial charge in [0.15, 0.2) is 0 Å². The van der Waals surface area contributed by atoms with E-state index in [9.17, 15) is 9.59 Å². The molecule has 0 saturated heterocycles. The minimum absolute atomic E-state index is 0.0437. The predicted octanol–water partition coefficient (Wildman–Crippen LogP) is 1.86. The number of amides is 1. The van der Waals surface area contributed by atoms with Crippen molar-refractivity contribution in [1.29, 1.82) is 0 Å². The fourth-order valence-corrected chi connectivity index (χ4v) is 1.59. The Morgan fingerprint density at radius 1 is 1.45 bits per heavy atom. The minimum atomic E-state index is -1.00. The number of hydrogen-bond acceptors (Lipinski definition) is 3. The molecule has 1 amide bonds. The second-order valence-corrected chi connectivity index (χ2v) is 4.50. The van der Waals surface area contributed by atoms with Crippen LogP contribution in [0.2, 0.25) is 0 Å². The number of carbonyl (C=O) groups excluding carboxylic acids is 1. The zero-order valence-corrected chi connectivity index (χ0v) is 11.8. The molecule has 1 rings (SSSR count). The number of hydrogen-bond donors (Lipinski definition) is 2. The van der Waals surface area contributed by atoms with Crippen molar-refractivity contribution in [3.63, 3.8) is 0 Å². The van der Waals surface area contributed by atoms with Gasteiger partial charge in [-0.1, -0.05) is 6.07 Å². The highest BCUT2D eigenvalue weighted by Crippen LogP contribution is 2.13. The molecule has 2 N–H and O–H groups in total. The summed E-state index contributed by atoms with van der Waals surface area (Å²) >= 11 is 0. The van der Waals surface area contributed by atoms with Crippen molar-refractivity contribution >= 4 is 18.0 Å². The van der Waals surface area contributed by atoms with E-state index in [-0.39, 0.29) is 12.0 Å². The summed E-state index contributed by atoms with van der Waals surface area (Å²) in [6, 6.07) is 5.12. The van der Waals surface area contributed by atoms with Crippen LogP contribution in [0, 0.1) is 6.92 Å². The molecule has 1 aromatic rings. The number of nitrogens with one attached hydrogen (secondary N) is 1. The van der Waals surface area contributed by atoms with E-state index in [0.29, 0.717) is 12.1 Å². The van der Waals surface area contributed by atoms with Crippen LogP contribution in [0.3, 0.4) is 0 Å². The van der Waals surface area contributed by atoms with Crippen molar-refractivity contribution in [2.75, 3.05) is 13.7 Å². The van der Waals surface area contributed by atoms with Crippen molar-refractivity contribution in [2.24, 2.45) is 0 Å². The topological polar surface area (TPSA) is 75.6 Å². The van der Waals surface area contributed by atoms with E-state index < -0.39 is 5.97 Å². The van der Waals surface area contributed by atoms with Crippen molar-refractivity contribution in [1.82, 2.24) is 5.32 Å². The lowest BCUT2D eigenvalue weighted by Gasteiger charge is -2.11. The van der Waals surface area contributed by atoms with Crippen LogP contribution in [0.5, 0.6) is 0 Å². The normalized spacial score (nSPS) is 12.3. The summed E-state index contributed by atoms with van der Waals surface area (Å²) in [5.41, 5.74) is 2.16. The van der Waals surface area contributed by atoms with Crippen molar-refractivity contribution < 1.29 is 19.4 Å². The van der Waals surface area contributed by atoms with Crippen LogP contribution in [-0.4, -0.2) is 36.7 Å². The first-order valence-corrected chi connectivity index (χ1v) is 6.26. The summed E-state index contributed by atoms with van der Waals surface area (Å²) in [4.78, 5) is 22.4. The number of methoxy groups -OCH3 is 1. The zero-order chi connectivity index (χ0) is 15.1. The van der Waals surface area contributed by atoms with E-state index in [0.717, 1.165) is 17.2 Å². The Bertz CT molecular complexity index is 523. The van der Waals surface area contributed by atoms with Gasteiger partial charge >= 0.3 is 5.97 Å². The molecule has 1 atom stereocenters. The molecule has 0 radical (unpaired) electrons. The van der Waals surface area contributed by atoms with Gasteiger partial charge in [0, 0.05) is 25.3 Å². The summed E-state index contributed by atoms with van der Waals surface area (Å²) in [5, 5.41) is 11.4. The number of carboxylic acid groups (broad SMARTS) is 1. The molecule has 5 heteroatoms. The average Bonchev–Trinajstić information content (AvgIpc) is 2.42. The van der Waals surface area contributed by atoms with Gasteiger partial charge < -0.3 is 15.2 Å². The smallest absolute Gasteiger partial charge is 0.328 e. The summed E-state index contributed by atoms with van der Waals surface area (Å²) in [5.74, 6) is -1.18. The predicted molar refractivity (Wildman–Crippen MR) is 76.7 cm³/mol. The van der Waals surface area contributed by atoms with Gasteiger partial charge in [0.25, 0.3) is 5.91 Å². The van der Waals surface area contributed by atoms with E-state index in [1.54, 1.807) is 25.3 Å². The monoisotopic (exact) mass is 277 g/mol. The van der Waals surface area contributed by atoms with Crippen LogP contribution >= 0.6 is 0 Å². The maximum atomic E-state index is 11.9. The Kier molecular flexibility index (Phi) is 5.93. The minimum Gasteiger partial charge on any atom is -0.478 e. The van der Waals surface area contributed by atoms with Crippen LogP contribution in [0.15, 0.2) is 24.3 Å². The molecular weight excluding hydrogens is 258 g/mol. The summed E-state index contributed by atoms with van der Waals surface area (Å²) < 4.78 is 5.05. The molecule has 0 spiro atoms. The fourth-order valence-electron chi connectivity index (χ4n) is 1.59. The molecule has 0 heterocycles. The molecule has 0 aliphatic heterocycles. The summed E-state index contributed by atoms with van der Waals surface area (Å²) in [7, 11) is 1.59. The maximum absolute atomic E-state index is 11.9. The molecule has 0 aliphatic rings. The highest BCUT2D eigenvalue weighted by Gasteiger charge is 2.08. The second kappa shape index (κ2) is 7.45. The number of carboxylic acids is 1. The highest BCUT2D eigenvalue weighted by atomic mass is 16.5. The van der Waals surface area contributed by atoms with Gasteiger partial charge in [-0.15, -0.1) is 0 Å². The van der Waals surface area contributed by atoms with Gasteiger partial charge in [-0.3, -0.25) is 4.79 Å². The summed E-state index contributed by atoms with van der Waals surface area (Å²) in [6.07, 6.45) is 2.53. The first-order chi connectivity index (χ1) is 9.43. The van der Waals surface area contributed by atoms with Gasteiger partial charge in [-0.2, -0.15) is 0 Å². The maximum Gasteiger partial charge on any atom is 0.328 e. The van der Waals surface area contributed by atoms with Crippen LogP contribution in [0.4, 0.5) is 0 Å². The Labute approximate surface area is 118 Å². The number of rotatable bonds is 6. The van der Waals surface area contributed by atoms with Gasteiger partial charge in [0.2, 0.25) is 0 Å². The molecule has 0 fully saturated rings. The molecule has 0 aliphatic carbocycles. The van der Waals surface area contributed by atoms with E-state index in [4.69, 9.17) is 9.84 Å². The largest absolute Gasteiger partial charge is 0.478 e. The van der Waals surface area contributed by atoms with Gasteiger partial charge in [0.1, 0.15) is 0 Å². The highest BCUT2D eigenvalue weighted by molar-refractivity contribution is 5.95. The summed E-state index contributed by atoms with van der Waals surface area (Å²) in [6.45, 7) is 4.14. The third-order valence-electron chi connectivity index (χ3n) is 2.89. The Morgan fingerprint density at radius 2 is 2.15 bits per heavy atom. The molecule has 0 bridgehead atoms. The quantitative estimate of drug-likeness (QED) is 0.778. The zero-order valence-electron chi connectivity index (χ0n) is 11.8. The van der Waals surface area contributed by atoms with Gasteiger partial charge in [0.05, 0.1) is 6.10 Å². The van der Waals surface area contributed by atoms with Crippen LogP contribution in [-0.2, 0) is 9.53 Å². The number of benzene rings is 1. The number of ether oxygens (including phenoxy) is 1. The molecule has 20 heavy (non-hydrogen) atoms. The average molecular weight is 277 g/mol. The first kappa shape index (κ1) is 15.9. The van der Waals surface area contributed by atoms with Crippen molar-refractivity contribution in [2.45, 2.75) is 20.0 Å². The van der Waals surface area contributed by atoms with E-state index in [1.807, 2.05) is 13.8 Å². The molecular formula is C15H19NO4. The number of carbonyl (C=O) groups is 2. The molecule has 0 saturated carbocycles. The van der Waals surface area contributed by atoms with E-state index in [1.165, 1.54) is 6.08 Å². The van der Waals surface area contributed by atoms with Gasteiger partial charge in [-0.25, -0.2) is 4.79 Å². The molecule has 1 aromatic carbocycles. The number of aryl methyl sites for hydroxylation is 1. The van der Waals surface area contributed by atoms with Crippen LogP contribution < -0.4 is 5.32 Å². The lowest BCUT2D eigenvalue weighted by molar-refractivity contribution is -0.131. The van der Waals surface area contributed by atoms with Crippen LogP contribution in [0.1, 0.15) is 28.4 Å². The van der Waals surface area contributed by atoms with Gasteiger partial charge in [-0.05, 0) is 43.2 Å². The molecule has 108 valence electrons. The SMILES string of the molecule is COC(C)CNC(=O)c1ccc(/C=C/C(=O)O)c(C)c1. The Morgan fingerprint density at radius 3 is 2.70 bits per heavy atom. The lowest BCUT2D eigenvalue weighted by Crippen LogP contribution is -2.31. The third-order valence-corrected chi connectivity index (χ3v) is 2.89. The number of aliphatic carboxylic acids is 1. The fraction of sp³-hybridized carbons (Fsp3) is 0.333. The Hall–Kier alpha value is -2.14. The Balaban J connectivity index is 2.76. The first-order valence-electron chi connectivity index (χ1n) is 6.26. The third kappa shape index (κ3) is 4.85. The van der Waals surface area contributed by atoms with Crippen LogP contribution in [0.25, 0.3) is 6.08 Å². The van der Waals surface area contributed by atoms with Crippen molar-refractivity contribution in [3.05, 3.63) is 41.0 Å². The molecule has 0 aromatic heterocycles. The lowest BCUT2D eigenvalue weighted by atomic mass is 10.0. The standard InChI is InChI=1S/C15H19NO4/c1-10-8-13(15(19)16-9-11(2)20-3)5-4-12(10)6-7-14(17)18/h4-8,11H,9H2,1-3H3,(H,16,19)(H,17,18)/b7-6+. The van der Waals surface area contributed by atoms with E-state index in [2.05, 4.69) is 5.32 Å².